The van der Waals surface area contributed by atoms with Crippen molar-refractivity contribution in [2.24, 2.45) is 0 Å². The normalized spacial score (nSPS) is 25.7. The summed E-state index contributed by atoms with van der Waals surface area (Å²) in [4.78, 5) is 28.3. The molecule has 0 bridgehead atoms. The highest BCUT2D eigenvalue weighted by molar-refractivity contribution is 6.02. The molecule has 2 unspecified atom stereocenters. The lowest BCUT2D eigenvalue weighted by atomic mass is 10.1. The molecule has 5 heteroatoms. The lowest BCUT2D eigenvalue weighted by Crippen LogP contribution is -2.56. The Hall–Kier alpha value is -1.88. The monoisotopic (exact) mass is 287 g/mol. The first kappa shape index (κ1) is 14.1. The summed E-state index contributed by atoms with van der Waals surface area (Å²) in [6.07, 6.45) is 0.409. The van der Waals surface area contributed by atoms with Crippen molar-refractivity contribution in [2.75, 3.05) is 25.5 Å². The molecule has 0 radical (unpaired) electrons. The van der Waals surface area contributed by atoms with E-state index in [0.29, 0.717) is 24.1 Å². The van der Waals surface area contributed by atoms with Gasteiger partial charge in [0, 0.05) is 36.4 Å². The Balaban J connectivity index is 1.80. The number of fused-ring (bicyclic) bond motifs is 1. The van der Waals surface area contributed by atoms with Gasteiger partial charge in [-0.3, -0.25) is 14.5 Å². The lowest BCUT2D eigenvalue weighted by Gasteiger charge is -2.42. The van der Waals surface area contributed by atoms with E-state index >= 15 is 0 Å². The Morgan fingerprint density at radius 1 is 1.24 bits per heavy atom. The number of benzene rings is 1. The summed E-state index contributed by atoms with van der Waals surface area (Å²) in [5.41, 5.74) is 2.40. The Kier molecular flexibility index (Phi) is 3.45. The first-order chi connectivity index (χ1) is 9.95. The van der Waals surface area contributed by atoms with Crippen LogP contribution in [0.5, 0.6) is 0 Å². The number of nitrogens with zero attached hydrogens (tertiary/aromatic N) is 2. The molecule has 1 fully saturated rings. The van der Waals surface area contributed by atoms with Gasteiger partial charge in [-0.15, -0.1) is 0 Å². The molecule has 2 amide bonds. The molecule has 21 heavy (non-hydrogen) atoms. The smallest absolute Gasteiger partial charge is 0.254 e. The van der Waals surface area contributed by atoms with Crippen LogP contribution in [-0.2, 0) is 11.2 Å². The third-order valence-corrected chi connectivity index (χ3v) is 4.63. The summed E-state index contributed by atoms with van der Waals surface area (Å²) >= 11 is 0. The average Bonchev–Trinajstić information content (AvgIpc) is 2.82. The van der Waals surface area contributed by atoms with Crippen molar-refractivity contribution in [3.05, 3.63) is 29.3 Å². The summed E-state index contributed by atoms with van der Waals surface area (Å²) < 4.78 is 0. The second kappa shape index (κ2) is 5.15. The fourth-order valence-corrected chi connectivity index (χ4v) is 3.10. The number of anilines is 1. The number of likely N-dealkylation sites (N-methyl/N-ethyl adjacent to an activating group) is 1. The SMILES string of the molecule is CC1CN(C(=O)c2ccc3c(c2)NC(=O)C3)CC(C)N1C. The first-order valence-corrected chi connectivity index (χ1v) is 7.39. The van der Waals surface area contributed by atoms with E-state index in [-0.39, 0.29) is 11.8 Å². The van der Waals surface area contributed by atoms with Crippen LogP contribution in [0.2, 0.25) is 0 Å². The number of nitrogens with one attached hydrogen (secondary N) is 1. The van der Waals surface area contributed by atoms with Gasteiger partial charge in [-0.2, -0.15) is 0 Å². The van der Waals surface area contributed by atoms with E-state index in [9.17, 15) is 9.59 Å². The number of carbonyl (C=O) groups is 2. The zero-order valence-electron chi connectivity index (χ0n) is 12.7. The minimum Gasteiger partial charge on any atom is -0.336 e. The standard InChI is InChI=1S/C16H21N3O2/c1-10-8-19(9-11(2)18(10)3)16(21)13-5-4-12-7-15(20)17-14(12)6-13/h4-6,10-11H,7-9H2,1-3H3,(H,17,20). The fraction of sp³-hybridized carbons (Fsp3) is 0.500. The molecule has 1 N–H and O–H groups in total. The highest BCUT2D eigenvalue weighted by atomic mass is 16.2. The van der Waals surface area contributed by atoms with Gasteiger partial charge in [-0.05, 0) is 38.6 Å². The summed E-state index contributed by atoms with van der Waals surface area (Å²) in [6, 6.07) is 6.22. The van der Waals surface area contributed by atoms with Gasteiger partial charge in [0.2, 0.25) is 5.91 Å². The molecule has 1 aromatic carbocycles. The minimum atomic E-state index is -0.00330. The van der Waals surface area contributed by atoms with Crippen molar-refractivity contribution in [3.8, 4) is 0 Å². The van der Waals surface area contributed by atoms with Crippen molar-refractivity contribution in [1.82, 2.24) is 9.80 Å². The molecule has 1 aromatic rings. The number of rotatable bonds is 1. The molecule has 112 valence electrons. The predicted octanol–water partition coefficient (Wildman–Crippen LogP) is 1.35. The molecule has 0 spiro atoms. The minimum absolute atomic E-state index is 0.00330. The fourth-order valence-electron chi connectivity index (χ4n) is 3.10. The summed E-state index contributed by atoms with van der Waals surface area (Å²) in [7, 11) is 2.10. The number of hydrogen-bond donors (Lipinski definition) is 1. The van der Waals surface area contributed by atoms with Gasteiger partial charge in [0.15, 0.2) is 0 Å². The highest BCUT2D eigenvalue weighted by Crippen LogP contribution is 2.25. The van der Waals surface area contributed by atoms with Crippen LogP contribution < -0.4 is 5.32 Å². The molecule has 2 aliphatic rings. The first-order valence-electron chi connectivity index (χ1n) is 7.39. The molecule has 0 aromatic heterocycles. The lowest BCUT2D eigenvalue weighted by molar-refractivity contribution is -0.115. The van der Waals surface area contributed by atoms with Gasteiger partial charge >= 0.3 is 0 Å². The van der Waals surface area contributed by atoms with Crippen LogP contribution in [0.3, 0.4) is 0 Å². The van der Waals surface area contributed by atoms with Gasteiger partial charge in [-0.25, -0.2) is 0 Å². The van der Waals surface area contributed by atoms with Crippen molar-refractivity contribution < 1.29 is 9.59 Å². The van der Waals surface area contributed by atoms with Gasteiger partial charge in [-0.1, -0.05) is 6.07 Å². The largest absolute Gasteiger partial charge is 0.336 e. The molecule has 3 rings (SSSR count). The predicted molar refractivity (Wildman–Crippen MR) is 81.4 cm³/mol. The van der Waals surface area contributed by atoms with Crippen LogP contribution in [0.1, 0.15) is 29.8 Å². The van der Waals surface area contributed by atoms with Crippen LogP contribution in [0.25, 0.3) is 0 Å². The van der Waals surface area contributed by atoms with Crippen LogP contribution in [-0.4, -0.2) is 53.8 Å². The number of piperazine rings is 1. The molecule has 1 saturated heterocycles. The van der Waals surface area contributed by atoms with E-state index in [2.05, 4.69) is 31.1 Å². The molecule has 5 nitrogen and oxygen atoms in total. The Labute approximate surface area is 124 Å². The van der Waals surface area contributed by atoms with Gasteiger partial charge < -0.3 is 10.2 Å². The van der Waals surface area contributed by atoms with Gasteiger partial charge in [0.05, 0.1) is 6.42 Å². The topological polar surface area (TPSA) is 52.7 Å². The van der Waals surface area contributed by atoms with E-state index in [1.807, 2.05) is 17.0 Å². The van der Waals surface area contributed by atoms with E-state index in [1.54, 1.807) is 6.07 Å². The number of hydrogen-bond acceptors (Lipinski definition) is 3. The van der Waals surface area contributed by atoms with Crippen molar-refractivity contribution in [1.29, 1.82) is 0 Å². The number of amides is 2. The second-order valence-corrected chi connectivity index (χ2v) is 6.17. The summed E-state index contributed by atoms with van der Waals surface area (Å²) in [5, 5.41) is 2.80. The van der Waals surface area contributed by atoms with Crippen LogP contribution in [0.15, 0.2) is 18.2 Å². The van der Waals surface area contributed by atoms with E-state index in [0.717, 1.165) is 24.3 Å². The van der Waals surface area contributed by atoms with Crippen LogP contribution in [0, 0.1) is 0 Å². The van der Waals surface area contributed by atoms with E-state index in [4.69, 9.17) is 0 Å². The Bertz CT molecular complexity index is 587. The van der Waals surface area contributed by atoms with E-state index < -0.39 is 0 Å². The van der Waals surface area contributed by atoms with Crippen molar-refractivity contribution in [3.63, 3.8) is 0 Å². The zero-order chi connectivity index (χ0) is 15.1. The third kappa shape index (κ3) is 2.53. The quantitative estimate of drug-likeness (QED) is 0.848. The number of carbonyl (C=O) groups excluding carboxylic acids is 2. The molecular weight excluding hydrogens is 266 g/mol. The highest BCUT2D eigenvalue weighted by Gasteiger charge is 2.30. The van der Waals surface area contributed by atoms with Crippen LogP contribution in [0.4, 0.5) is 5.69 Å². The maximum Gasteiger partial charge on any atom is 0.254 e. The summed E-state index contributed by atoms with van der Waals surface area (Å²) in [5.74, 6) is 0.0437. The summed E-state index contributed by atoms with van der Waals surface area (Å²) in [6.45, 7) is 5.75. The Morgan fingerprint density at radius 2 is 1.90 bits per heavy atom. The second-order valence-electron chi connectivity index (χ2n) is 6.17. The van der Waals surface area contributed by atoms with Crippen molar-refractivity contribution in [2.45, 2.75) is 32.4 Å². The van der Waals surface area contributed by atoms with Gasteiger partial charge in [0.25, 0.3) is 5.91 Å². The third-order valence-electron chi connectivity index (χ3n) is 4.63. The van der Waals surface area contributed by atoms with Gasteiger partial charge in [0.1, 0.15) is 0 Å². The molecule has 2 aliphatic heterocycles. The van der Waals surface area contributed by atoms with Crippen molar-refractivity contribution >= 4 is 17.5 Å². The molecule has 2 heterocycles. The van der Waals surface area contributed by atoms with Crippen LogP contribution >= 0.6 is 0 Å². The molecular formula is C16H21N3O2. The maximum absolute atomic E-state index is 12.7. The molecule has 0 saturated carbocycles. The Morgan fingerprint density at radius 3 is 2.57 bits per heavy atom. The molecule has 0 aliphatic carbocycles. The molecule has 2 atom stereocenters. The zero-order valence-corrected chi connectivity index (χ0v) is 12.7. The average molecular weight is 287 g/mol. The maximum atomic E-state index is 12.7. The van der Waals surface area contributed by atoms with E-state index in [1.165, 1.54) is 0 Å².